The number of rotatable bonds is 9. The average Bonchev–Trinajstić information content (AvgIpc) is 2.66. The van der Waals surface area contributed by atoms with E-state index in [0.29, 0.717) is 6.04 Å². The fraction of sp³-hybridized carbons (Fsp3) is 0.480. The van der Waals surface area contributed by atoms with Crippen molar-refractivity contribution < 1.29 is 9.53 Å². The molecular weight excluding hydrogens is 374 g/mol. The van der Waals surface area contributed by atoms with Crippen molar-refractivity contribution in [3.8, 4) is 0 Å². The molecule has 5 nitrogen and oxygen atoms in total. The van der Waals surface area contributed by atoms with Gasteiger partial charge in [0.1, 0.15) is 5.60 Å². The van der Waals surface area contributed by atoms with Crippen LogP contribution in [0.25, 0.3) is 0 Å². The second kappa shape index (κ2) is 10.6. The monoisotopic (exact) mass is 409 g/mol. The lowest BCUT2D eigenvalue weighted by molar-refractivity contribution is 0.00530. The van der Waals surface area contributed by atoms with Crippen molar-refractivity contribution in [2.75, 3.05) is 26.2 Å². The first-order valence-corrected chi connectivity index (χ1v) is 10.9. The van der Waals surface area contributed by atoms with E-state index >= 15 is 0 Å². The molecule has 1 fully saturated rings. The van der Waals surface area contributed by atoms with Crippen LogP contribution in [0.15, 0.2) is 60.7 Å². The van der Waals surface area contributed by atoms with Crippen LogP contribution in [-0.2, 0) is 17.8 Å². The average molecular weight is 410 g/mol. The zero-order valence-electron chi connectivity index (χ0n) is 18.5. The Labute approximate surface area is 181 Å². The molecule has 0 aromatic heterocycles. The minimum Gasteiger partial charge on any atom is -0.444 e. The molecule has 2 aromatic rings. The molecule has 0 atom stereocenters. The molecule has 0 unspecified atom stereocenters. The van der Waals surface area contributed by atoms with Gasteiger partial charge in [-0.15, -0.1) is 0 Å². The molecule has 2 aromatic carbocycles. The van der Waals surface area contributed by atoms with E-state index in [-0.39, 0.29) is 6.09 Å². The Morgan fingerprint density at radius 3 is 2.03 bits per heavy atom. The van der Waals surface area contributed by atoms with Crippen LogP contribution in [0.4, 0.5) is 4.79 Å². The Balaban J connectivity index is 1.40. The summed E-state index contributed by atoms with van der Waals surface area (Å²) >= 11 is 0. The maximum Gasteiger partial charge on any atom is 0.410 e. The van der Waals surface area contributed by atoms with Gasteiger partial charge in [-0.2, -0.15) is 0 Å². The van der Waals surface area contributed by atoms with Crippen LogP contribution in [0.3, 0.4) is 0 Å². The Morgan fingerprint density at radius 1 is 1.00 bits per heavy atom. The molecular formula is C25H35N3O2. The second-order valence-corrected chi connectivity index (χ2v) is 9.07. The van der Waals surface area contributed by atoms with Crippen molar-refractivity contribution in [1.82, 2.24) is 15.1 Å². The lowest BCUT2D eigenvalue weighted by Crippen LogP contribution is -2.60. The smallest absolute Gasteiger partial charge is 0.410 e. The van der Waals surface area contributed by atoms with Crippen molar-refractivity contribution in [3.05, 3.63) is 71.8 Å². The molecule has 1 N–H and O–H groups in total. The Morgan fingerprint density at radius 2 is 1.53 bits per heavy atom. The highest BCUT2D eigenvalue weighted by molar-refractivity contribution is 5.69. The Hall–Kier alpha value is -2.37. The summed E-state index contributed by atoms with van der Waals surface area (Å²) in [5.41, 5.74) is 2.25. The summed E-state index contributed by atoms with van der Waals surface area (Å²) in [6, 6.07) is 21.7. The topological polar surface area (TPSA) is 44.8 Å². The van der Waals surface area contributed by atoms with E-state index in [9.17, 15) is 4.79 Å². The number of likely N-dealkylation sites (tertiary alicyclic amines) is 1. The van der Waals surface area contributed by atoms with Crippen molar-refractivity contribution in [2.45, 2.75) is 51.9 Å². The molecule has 0 saturated carbocycles. The van der Waals surface area contributed by atoms with Crippen LogP contribution in [0.5, 0.6) is 0 Å². The van der Waals surface area contributed by atoms with Crippen molar-refractivity contribution in [2.24, 2.45) is 0 Å². The van der Waals surface area contributed by atoms with Crippen LogP contribution >= 0.6 is 0 Å². The molecule has 1 aliphatic heterocycles. The molecule has 0 aliphatic carbocycles. The molecule has 1 aliphatic rings. The fourth-order valence-corrected chi connectivity index (χ4v) is 3.59. The lowest BCUT2D eigenvalue weighted by Gasteiger charge is -2.40. The number of amides is 1. The van der Waals surface area contributed by atoms with Gasteiger partial charge in [0.25, 0.3) is 0 Å². The lowest BCUT2D eigenvalue weighted by atomic mass is 10.1. The third-order valence-electron chi connectivity index (χ3n) is 5.12. The molecule has 162 valence electrons. The van der Waals surface area contributed by atoms with E-state index in [2.05, 4.69) is 70.9 Å². The number of hydrogen-bond donors (Lipinski definition) is 1. The number of benzene rings is 2. The fourth-order valence-electron chi connectivity index (χ4n) is 3.59. The SMILES string of the molecule is CC(C)(C)OC(=O)N1CC(NCCCN(Cc2ccccc2)Cc2ccccc2)C1. The number of carbonyl (C=O) groups is 1. The zero-order valence-corrected chi connectivity index (χ0v) is 18.5. The van der Waals surface area contributed by atoms with Gasteiger partial charge in [0.2, 0.25) is 0 Å². The van der Waals surface area contributed by atoms with E-state index in [1.807, 2.05) is 20.8 Å². The number of hydrogen-bond acceptors (Lipinski definition) is 4. The van der Waals surface area contributed by atoms with Gasteiger partial charge in [0.15, 0.2) is 0 Å². The van der Waals surface area contributed by atoms with E-state index in [0.717, 1.165) is 45.7 Å². The Bertz CT molecular complexity index is 726. The van der Waals surface area contributed by atoms with E-state index in [1.54, 1.807) is 4.90 Å². The van der Waals surface area contributed by atoms with Gasteiger partial charge in [0.05, 0.1) is 0 Å². The first-order valence-electron chi connectivity index (χ1n) is 10.9. The van der Waals surface area contributed by atoms with Gasteiger partial charge in [-0.1, -0.05) is 60.7 Å². The highest BCUT2D eigenvalue weighted by Gasteiger charge is 2.33. The standard InChI is InChI=1S/C25H35N3O2/c1-25(2,3)30-24(29)28-19-23(20-28)26-15-10-16-27(17-21-11-6-4-7-12-21)18-22-13-8-5-9-14-22/h4-9,11-14,23,26H,10,15-20H2,1-3H3. The van der Waals surface area contributed by atoms with E-state index < -0.39 is 5.60 Å². The van der Waals surface area contributed by atoms with Gasteiger partial charge in [-0.05, 0) is 44.9 Å². The molecule has 1 heterocycles. The van der Waals surface area contributed by atoms with Crippen LogP contribution < -0.4 is 5.32 Å². The van der Waals surface area contributed by atoms with E-state index in [4.69, 9.17) is 4.74 Å². The summed E-state index contributed by atoms with van der Waals surface area (Å²) in [5, 5.41) is 3.57. The van der Waals surface area contributed by atoms with Crippen LogP contribution in [0.1, 0.15) is 38.3 Å². The van der Waals surface area contributed by atoms with Gasteiger partial charge in [-0.25, -0.2) is 4.79 Å². The summed E-state index contributed by atoms with van der Waals surface area (Å²) in [5.74, 6) is 0. The molecule has 1 saturated heterocycles. The molecule has 0 bridgehead atoms. The molecule has 1 amide bonds. The largest absolute Gasteiger partial charge is 0.444 e. The summed E-state index contributed by atoms with van der Waals surface area (Å²) < 4.78 is 5.41. The second-order valence-electron chi connectivity index (χ2n) is 9.07. The zero-order chi connectivity index (χ0) is 21.4. The maximum atomic E-state index is 12.0. The van der Waals surface area contributed by atoms with Crippen LogP contribution in [0, 0.1) is 0 Å². The van der Waals surface area contributed by atoms with Gasteiger partial charge < -0.3 is 15.0 Å². The van der Waals surface area contributed by atoms with Crippen molar-refractivity contribution in [1.29, 1.82) is 0 Å². The summed E-state index contributed by atoms with van der Waals surface area (Å²) in [6.45, 7) is 11.0. The summed E-state index contributed by atoms with van der Waals surface area (Å²) in [6.07, 6.45) is 0.861. The predicted octanol–water partition coefficient (Wildman–Crippen LogP) is 4.29. The third kappa shape index (κ3) is 7.47. The quantitative estimate of drug-likeness (QED) is 0.628. The highest BCUT2D eigenvalue weighted by atomic mass is 16.6. The minimum atomic E-state index is -0.434. The highest BCUT2D eigenvalue weighted by Crippen LogP contribution is 2.15. The summed E-state index contributed by atoms with van der Waals surface area (Å²) in [4.78, 5) is 16.3. The van der Waals surface area contributed by atoms with Crippen molar-refractivity contribution in [3.63, 3.8) is 0 Å². The molecule has 0 spiro atoms. The van der Waals surface area contributed by atoms with E-state index in [1.165, 1.54) is 11.1 Å². The first kappa shape index (κ1) is 22.3. The Kier molecular flexibility index (Phi) is 7.88. The number of ether oxygens (including phenoxy) is 1. The number of nitrogens with one attached hydrogen (secondary N) is 1. The molecule has 0 radical (unpaired) electrons. The van der Waals surface area contributed by atoms with Gasteiger partial charge in [0, 0.05) is 38.8 Å². The first-order chi connectivity index (χ1) is 14.4. The normalized spacial score (nSPS) is 14.6. The maximum absolute atomic E-state index is 12.0. The van der Waals surface area contributed by atoms with Crippen molar-refractivity contribution >= 4 is 6.09 Å². The van der Waals surface area contributed by atoms with Gasteiger partial charge in [-0.3, -0.25) is 4.90 Å². The minimum absolute atomic E-state index is 0.211. The molecule has 30 heavy (non-hydrogen) atoms. The van der Waals surface area contributed by atoms with Gasteiger partial charge >= 0.3 is 6.09 Å². The van der Waals surface area contributed by atoms with Crippen LogP contribution in [0.2, 0.25) is 0 Å². The van der Waals surface area contributed by atoms with Crippen LogP contribution in [-0.4, -0.2) is 53.7 Å². The molecule has 3 rings (SSSR count). The predicted molar refractivity (Wildman–Crippen MR) is 121 cm³/mol. The summed E-state index contributed by atoms with van der Waals surface area (Å²) in [7, 11) is 0. The number of nitrogens with zero attached hydrogens (tertiary/aromatic N) is 2. The third-order valence-corrected chi connectivity index (χ3v) is 5.12. The molecule has 5 heteroatoms. The number of carbonyl (C=O) groups excluding carboxylic acids is 1.